The Balaban J connectivity index is 1.64. The van der Waals surface area contributed by atoms with Gasteiger partial charge in [0.05, 0.1) is 31.5 Å². The molecule has 0 unspecified atom stereocenters. The predicted octanol–water partition coefficient (Wildman–Crippen LogP) is 4.63. The lowest BCUT2D eigenvalue weighted by Gasteiger charge is -2.24. The molecule has 0 atom stereocenters. The zero-order valence-corrected chi connectivity index (χ0v) is 18.8. The molecule has 2 aromatic heterocycles. The SMILES string of the molecule is COc1ccc(CC(=O)N(Cc2ccccc2)Cc2nc(C)ncc2-c2ccccn2)cc1. The summed E-state index contributed by atoms with van der Waals surface area (Å²) in [5.74, 6) is 1.45. The number of rotatable bonds is 8. The molecule has 0 spiro atoms. The van der Waals surface area contributed by atoms with Crippen LogP contribution in [0.4, 0.5) is 0 Å². The molecule has 0 aliphatic heterocycles. The van der Waals surface area contributed by atoms with E-state index in [0.717, 1.165) is 33.8 Å². The molecule has 0 saturated carbocycles. The van der Waals surface area contributed by atoms with Crippen molar-refractivity contribution in [2.75, 3.05) is 7.11 Å². The van der Waals surface area contributed by atoms with E-state index in [9.17, 15) is 4.79 Å². The third-order valence-electron chi connectivity index (χ3n) is 5.35. The Bertz CT molecular complexity index is 1200. The van der Waals surface area contributed by atoms with Crippen LogP contribution in [-0.4, -0.2) is 32.9 Å². The summed E-state index contributed by atoms with van der Waals surface area (Å²) in [5.41, 5.74) is 4.39. The van der Waals surface area contributed by atoms with E-state index in [-0.39, 0.29) is 5.91 Å². The summed E-state index contributed by atoms with van der Waals surface area (Å²) in [6.07, 6.45) is 3.82. The second-order valence-electron chi connectivity index (χ2n) is 7.75. The van der Waals surface area contributed by atoms with Gasteiger partial charge in [-0.1, -0.05) is 48.5 Å². The zero-order chi connectivity index (χ0) is 23.0. The van der Waals surface area contributed by atoms with Crippen LogP contribution in [0.3, 0.4) is 0 Å². The van der Waals surface area contributed by atoms with Gasteiger partial charge in [-0.3, -0.25) is 9.78 Å². The molecular formula is C27H26N4O2. The standard InChI is InChI=1S/C27H26N4O2/c1-20-29-17-24(25-10-6-7-15-28-25)26(30-20)19-31(18-22-8-4-3-5-9-22)27(32)16-21-11-13-23(33-2)14-12-21/h3-15,17H,16,18-19H2,1-2H3. The van der Waals surface area contributed by atoms with Gasteiger partial charge in [-0.15, -0.1) is 0 Å². The van der Waals surface area contributed by atoms with E-state index in [4.69, 9.17) is 4.74 Å². The van der Waals surface area contributed by atoms with Crippen LogP contribution in [0.2, 0.25) is 0 Å². The highest BCUT2D eigenvalue weighted by Crippen LogP contribution is 2.22. The van der Waals surface area contributed by atoms with Gasteiger partial charge in [0.25, 0.3) is 0 Å². The third-order valence-corrected chi connectivity index (χ3v) is 5.35. The first-order chi connectivity index (χ1) is 16.1. The Kier molecular flexibility index (Phi) is 7.05. The van der Waals surface area contributed by atoms with Crippen LogP contribution in [0.25, 0.3) is 11.3 Å². The molecule has 6 heteroatoms. The van der Waals surface area contributed by atoms with Crippen LogP contribution >= 0.6 is 0 Å². The molecule has 0 fully saturated rings. The van der Waals surface area contributed by atoms with E-state index in [1.807, 2.05) is 84.6 Å². The van der Waals surface area contributed by atoms with Crippen LogP contribution in [0.1, 0.15) is 22.6 Å². The zero-order valence-electron chi connectivity index (χ0n) is 18.8. The van der Waals surface area contributed by atoms with Crippen molar-refractivity contribution in [3.05, 3.63) is 108 Å². The molecule has 4 rings (SSSR count). The van der Waals surface area contributed by atoms with E-state index in [1.165, 1.54) is 0 Å². The Morgan fingerprint density at radius 3 is 2.33 bits per heavy atom. The molecule has 33 heavy (non-hydrogen) atoms. The molecule has 0 aliphatic carbocycles. The largest absolute Gasteiger partial charge is 0.497 e. The molecule has 0 radical (unpaired) electrons. The fraction of sp³-hybridized carbons (Fsp3) is 0.185. The van der Waals surface area contributed by atoms with Gasteiger partial charge in [0.15, 0.2) is 0 Å². The second kappa shape index (κ2) is 10.5. The van der Waals surface area contributed by atoms with E-state index in [0.29, 0.717) is 25.3 Å². The van der Waals surface area contributed by atoms with Crippen molar-refractivity contribution < 1.29 is 9.53 Å². The second-order valence-corrected chi connectivity index (χ2v) is 7.75. The van der Waals surface area contributed by atoms with Crippen molar-refractivity contribution in [3.8, 4) is 17.0 Å². The summed E-state index contributed by atoms with van der Waals surface area (Å²) in [5, 5.41) is 0. The molecule has 2 aromatic carbocycles. The van der Waals surface area contributed by atoms with Crippen molar-refractivity contribution in [1.29, 1.82) is 0 Å². The topological polar surface area (TPSA) is 68.2 Å². The molecule has 166 valence electrons. The van der Waals surface area contributed by atoms with E-state index in [2.05, 4.69) is 15.0 Å². The average molecular weight is 439 g/mol. The first-order valence-electron chi connectivity index (χ1n) is 10.8. The summed E-state index contributed by atoms with van der Waals surface area (Å²) in [6, 6.07) is 23.3. The highest BCUT2D eigenvalue weighted by Gasteiger charge is 2.19. The number of hydrogen-bond donors (Lipinski definition) is 0. The number of aryl methyl sites for hydroxylation is 1. The molecule has 0 aliphatic rings. The van der Waals surface area contributed by atoms with Gasteiger partial charge in [-0.2, -0.15) is 0 Å². The molecule has 4 aromatic rings. The Morgan fingerprint density at radius 1 is 0.879 bits per heavy atom. The van der Waals surface area contributed by atoms with Crippen molar-refractivity contribution in [2.45, 2.75) is 26.4 Å². The fourth-order valence-corrected chi connectivity index (χ4v) is 3.62. The Morgan fingerprint density at radius 2 is 1.64 bits per heavy atom. The smallest absolute Gasteiger partial charge is 0.227 e. The minimum absolute atomic E-state index is 0.0206. The summed E-state index contributed by atoms with van der Waals surface area (Å²) in [4.78, 5) is 28.8. The van der Waals surface area contributed by atoms with Crippen LogP contribution in [0.5, 0.6) is 5.75 Å². The predicted molar refractivity (Wildman–Crippen MR) is 127 cm³/mol. The lowest BCUT2D eigenvalue weighted by molar-refractivity contribution is -0.131. The molecule has 6 nitrogen and oxygen atoms in total. The number of carbonyl (C=O) groups is 1. The van der Waals surface area contributed by atoms with Crippen LogP contribution in [-0.2, 0) is 24.3 Å². The van der Waals surface area contributed by atoms with Gasteiger partial charge in [0.2, 0.25) is 5.91 Å². The van der Waals surface area contributed by atoms with Crippen LogP contribution < -0.4 is 4.74 Å². The highest BCUT2D eigenvalue weighted by molar-refractivity contribution is 5.79. The maximum absolute atomic E-state index is 13.4. The summed E-state index contributed by atoms with van der Waals surface area (Å²) in [7, 11) is 1.63. The number of pyridine rings is 1. The Labute approximate surface area is 193 Å². The normalized spacial score (nSPS) is 10.6. The molecule has 0 N–H and O–H groups in total. The number of carbonyl (C=O) groups excluding carboxylic acids is 1. The summed E-state index contributed by atoms with van der Waals surface area (Å²) in [6.45, 7) is 2.70. The van der Waals surface area contributed by atoms with Gasteiger partial charge in [0, 0.05) is 24.5 Å². The molecule has 1 amide bonds. The molecular weight excluding hydrogens is 412 g/mol. The average Bonchev–Trinajstić information content (AvgIpc) is 2.85. The number of nitrogens with zero attached hydrogens (tertiary/aromatic N) is 4. The number of hydrogen-bond acceptors (Lipinski definition) is 5. The van der Waals surface area contributed by atoms with Gasteiger partial charge >= 0.3 is 0 Å². The summed E-state index contributed by atoms with van der Waals surface area (Å²) >= 11 is 0. The lowest BCUT2D eigenvalue weighted by atomic mass is 10.1. The first kappa shape index (κ1) is 22.1. The first-order valence-corrected chi connectivity index (χ1v) is 10.8. The number of aromatic nitrogens is 3. The molecule has 0 saturated heterocycles. The molecule has 2 heterocycles. The Hall–Kier alpha value is -4.06. The van der Waals surface area contributed by atoms with Crippen molar-refractivity contribution in [3.63, 3.8) is 0 Å². The van der Waals surface area contributed by atoms with Crippen molar-refractivity contribution in [2.24, 2.45) is 0 Å². The number of methoxy groups -OCH3 is 1. The van der Waals surface area contributed by atoms with E-state index in [1.54, 1.807) is 19.5 Å². The third kappa shape index (κ3) is 5.80. The van der Waals surface area contributed by atoms with Gasteiger partial charge in [-0.25, -0.2) is 9.97 Å². The van der Waals surface area contributed by atoms with E-state index < -0.39 is 0 Å². The summed E-state index contributed by atoms with van der Waals surface area (Å²) < 4.78 is 5.23. The number of benzene rings is 2. The van der Waals surface area contributed by atoms with Crippen LogP contribution in [0, 0.1) is 6.92 Å². The maximum Gasteiger partial charge on any atom is 0.227 e. The minimum atomic E-state index is 0.0206. The monoisotopic (exact) mass is 438 g/mol. The number of amides is 1. The maximum atomic E-state index is 13.4. The highest BCUT2D eigenvalue weighted by atomic mass is 16.5. The van der Waals surface area contributed by atoms with Gasteiger partial charge in [-0.05, 0) is 42.3 Å². The lowest BCUT2D eigenvalue weighted by Crippen LogP contribution is -2.32. The van der Waals surface area contributed by atoms with E-state index >= 15 is 0 Å². The van der Waals surface area contributed by atoms with Crippen LogP contribution in [0.15, 0.2) is 85.2 Å². The quantitative estimate of drug-likeness (QED) is 0.401. The fourth-order valence-electron chi connectivity index (χ4n) is 3.62. The molecule has 0 bridgehead atoms. The van der Waals surface area contributed by atoms with Gasteiger partial charge < -0.3 is 9.64 Å². The van der Waals surface area contributed by atoms with Gasteiger partial charge in [0.1, 0.15) is 11.6 Å². The minimum Gasteiger partial charge on any atom is -0.497 e. The number of ether oxygens (including phenoxy) is 1. The van der Waals surface area contributed by atoms with Crippen molar-refractivity contribution >= 4 is 5.91 Å². The van der Waals surface area contributed by atoms with Crippen molar-refractivity contribution in [1.82, 2.24) is 19.9 Å².